The monoisotopic (exact) mass is 453 g/mol. The fourth-order valence-electron chi connectivity index (χ4n) is 4.02. The summed E-state index contributed by atoms with van der Waals surface area (Å²) in [5.74, 6) is -0.0510. The van der Waals surface area contributed by atoms with Crippen LogP contribution in [0.5, 0.6) is 0 Å². The normalized spacial score (nSPS) is 15.1. The first-order valence-electron chi connectivity index (χ1n) is 10.3. The molecule has 1 heterocycles. The van der Waals surface area contributed by atoms with E-state index in [1.54, 1.807) is 11.8 Å². The molecule has 0 saturated carbocycles. The van der Waals surface area contributed by atoms with Gasteiger partial charge >= 0.3 is 0 Å². The summed E-state index contributed by atoms with van der Waals surface area (Å²) in [6.07, 6.45) is 0.248. The Labute approximate surface area is 186 Å². The third-order valence-electron chi connectivity index (χ3n) is 5.81. The molecule has 0 radical (unpaired) electrons. The van der Waals surface area contributed by atoms with Crippen molar-refractivity contribution in [3.63, 3.8) is 0 Å². The van der Waals surface area contributed by atoms with Crippen LogP contribution in [0.2, 0.25) is 0 Å². The first-order valence-corrected chi connectivity index (χ1v) is 11.7. The minimum atomic E-state index is -3.89. The van der Waals surface area contributed by atoms with Crippen LogP contribution in [0, 0.1) is 17.0 Å². The zero-order valence-corrected chi connectivity index (χ0v) is 18.4. The van der Waals surface area contributed by atoms with E-state index in [0.717, 1.165) is 22.4 Å². The zero-order chi connectivity index (χ0) is 22.9. The van der Waals surface area contributed by atoms with E-state index >= 15 is 0 Å². The van der Waals surface area contributed by atoms with Crippen molar-refractivity contribution >= 4 is 32.4 Å². The number of aryl methyl sites for hydroxylation is 1. The van der Waals surface area contributed by atoms with Gasteiger partial charge in [-0.2, -0.15) is 4.31 Å². The second-order valence-electron chi connectivity index (χ2n) is 7.81. The number of carbonyl (C=O) groups excluding carboxylic acids is 1. The number of benzene rings is 3. The van der Waals surface area contributed by atoms with Crippen LogP contribution in [0.25, 0.3) is 10.8 Å². The first-order chi connectivity index (χ1) is 15.3. The third kappa shape index (κ3) is 4.21. The fraction of sp³-hybridized carbons (Fsp3) is 0.261. The van der Waals surface area contributed by atoms with Gasteiger partial charge in [0, 0.05) is 38.3 Å². The second kappa shape index (κ2) is 8.68. The maximum Gasteiger partial charge on any atom is 0.270 e. The van der Waals surface area contributed by atoms with Crippen LogP contribution in [-0.4, -0.2) is 54.6 Å². The number of hydrogen-bond acceptors (Lipinski definition) is 5. The van der Waals surface area contributed by atoms with Crippen molar-refractivity contribution in [2.75, 3.05) is 26.2 Å². The van der Waals surface area contributed by atoms with E-state index in [-0.39, 0.29) is 49.1 Å². The van der Waals surface area contributed by atoms with E-state index in [1.807, 2.05) is 42.5 Å². The predicted octanol–water partition coefficient (Wildman–Crippen LogP) is 3.13. The number of rotatable bonds is 5. The minimum Gasteiger partial charge on any atom is -0.340 e. The van der Waals surface area contributed by atoms with E-state index < -0.39 is 14.9 Å². The van der Waals surface area contributed by atoms with Crippen LogP contribution in [0.1, 0.15) is 11.1 Å². The lowest BCUT2D eigenvalue weighted by Gasteiger charge is -2.34. The van der Waals surface area contributed by atoms with E-state index in [0.29, 0.717) is 5.56 Å². The summed E-state index contributed by atoms with van der Waals surface area (Å²) in [5.41, 5.74) is 1.12. The maximum absolute atomic E-state index is 13.1. The van der Waals surface area contributed by atoms with Gasteiger partial charge in [0.05, 0.1) is 16.2 Å². The van der Waals surface area contributed by atoms with Gasteiger partial charge in [0.2, 0.25) is 15.9 Å². The molecule has 0 atom stereocenters. The standard InChI is InChI=1S/C23H23N3O5S/c1-17-9-10-20(26(28)29)16-22(17)32(30,31)25-13-11-24(12-14-25)23(27)15-19-7-4-6-18-5-2-3-8-21(18)19/h2-10,16H,11-15H2,1H3. The van der Waals surface area contributed by atoms with Crippen LogP contribution < -0.4 is 0 Å². The quantitative estimate of drug-likeness (QED) is 0.436. The summed E-state index contributed by atoms with van der Waals surface area (Å²) in [6, 6.07) is 17.6. The Kier molecular flexibility index (Phi) is 5.94. The Morgan fingerprint density at radius 3 is 2.41 bits per heavy atom. The number of piperazine rings is 1. The van der Waals surface area contributed by atoms with E-state index in [1.165, 1.54) is 16.4 Å². The van der Waals surface area contributed by atoms with E-state index in [4.69, 9.17) is 0 Å². The van der Waals surface area contributed by atoms with Crippen molar-refractivity contribution in [2.45, 2.75) is 18.2 Å². The molecular weight excluding hydrogens is 430 g/mol. The van der Waals surface area contributed by atoms with Crippen LogP contribution in [0.15, 0.2) is 65.6 Å². The second-order valence-corrected chi connectivity index (χ2v) is 9.71. The van der Waals surface area contributed by atoms with Crippen molar-refractivity contribution in [2.24, 2.45) is 0 Å². The summed E-state index contributed by atoms with van der Waals surface area (Å²) < 4.78 is 27.5. The topological polar surface area (TPSA) is 101 Å². The molecule has 1 amide bonds. The van der Waals surface area contributed by atoms with Crippen molar-refractivity contribution in [3.05, 3.63) is 81.9 Å². The molecule has 3 aromatic rings. The Hall–Kier alpha value is -3.30. The van der Waals surface area contributed by atoms with Crippen molar-refractivity contribution in [1.29, 1.82) is 0 Å². The Morgan fingerprint density at radius 1 is 1.00 bits per heavy atom. The summed E-state index contributed by atoms with van der Waals surface area (Å²) in [6.45, 7) is 2.45. The molecule has 1 aliphatic rings. The van der Waals surface area contributed by atoms with E-state index in [2.05, 4.69) is 0 Å². The van der Waals surface area contributed by atoms with Gasteiger partial charge in [0.25, 0.3) is 5.69 Å². The lowest BCUT2D eigenvalue weighted by Crippen LogP contribution is -2.50. The summed E-state index contributed by atoms with van der Waals surface area (Å²) in [5, 5.41) is 13.2. The average Bonchev–Trinajstić information content (AvgIpc) is 2.79. The molecule has 0 aliphatic carbocycles. The molecule has 166 valence electrons. The van der Waals surface area contributed by atoms with Gasteiger partial charge in [-0.15, -0.1) is 0 Å². The minimum absolute atomic E-state index is 0.0510. The fourth-order valence-corrected chi connectivity index (χ4v) is 5.69. The predicted molar refractivity (Wildman–Crippen MR) is 121 cm³/mol. The number of non-ortho nitro benzene ring substituents is 1. The lowest BCUT2D eigenvalue weighted by atomic mass is 10.0. The molecule has 0 aromatic heterocycles. The summed E-state index contributed by atoms with van der Waals surface area (Å²) in [4.78, 5) is 25.0. The summed E-state index contributed by atoms with van der Waals surface area (Å²) in [7, 11) is -3.89. The molecule has 32 heavy (non-hydrogen) atoms. The van der Waals surface area contributed by atoms with Crippen molar-refractivity contribution in [3.8, 4) is 0 Å². The molecule has 1 aliphatic heterocycles. The molecule has 4 rings (SSSR count). The van der Waals surface area contributed by atoms with Gasteiger partial charge in [0.15, 0.2) is 0 Å². The number of amides is 1. The molecule has 1 saturated heterocycles. The van der Waals surface area contributed by atoms with Gasteiger partial charge < -0.3 is 4.90 Å². The molecular formula is C23H23N3O5S. The highest BCUT2D eigenvalue weighted by Gasteiger charge is 2.32. The Balaban J connectivity index is 1.46. The molecule has 0 bridgehead atoms. The highest BCUT2D eigenvalue weighted by molar-refractivity contribution is 7.89. The number of nitro benzene ring substituents is 1. The third-order valence-corrected chi connectivity index (χ3v) is 7.85. The van der Waals surface area contributed by atoms with E-state index in [9.17, 15) is 23.3 Å². The highest BCUT2D eigenvalue weighted by atomic mass is 32.2. The number of sulfonamides is 1. The summed E-state index contributed by atoms with van der Waals surface area (Å²) >= 11 is 0. The van der Waals surface area contributed by atoms with Crippen molar-refractivity contribution < 1.29 is 18.1 Å². The molecule has 0 unspecified atom stereocenters. The Bertz CT molecular complexity index is 1290. The molecule has 3 aromatic carbocycles. The number of hydrogen-bond donors (Lipinski definition) is 0. The molecule has 1 fully saturated rings. The van der Waals surface area contributed by atoms with Gasteiger partial charge in [-0.05, 0) is 28.8 Å². The van der Waals surface area contributed by atoms with Gasteiger partial charge in [0.1, 0.15) is 0 Å². The molecule has 0 N–H and O–H groups in total. The number of nitro groups is 1. The number of fused-ring (bicyclic) bond motifs is 1. The SMILES string of the molecule is Cc1ccc([N+](=O)[O-])cc1S(=O)(=O)N1CCN(C(=O)Cc2cccc3ccccc23)CC1. The van der Waals surface area contributed by atoms with Gasteiger partial charge in [-0.25, -0.2) is 8.42 Å². The molecule has 9 heteroatoms. The van der Waals surface area contributed by atoms with Crippen LogP contribution in [0.4, 0.5) is 5.69 Å². The molecule has 0 spiro atoms. The highest BCUT2D eigenvalue weighted by Crippen LogP contribution is 2.26. The first kappa shape index (κ1) is 21.9. The van der Waals surface area contributed by atoms with Crippen LogP contribution in [0.3, 0.4) is 0 Å². The Morgan fingerprint density at radius 2 is 1.69 bits per heavy atom. The smallest absolute Gasteiger partial charge is 0.270 e. The largest absolute Gasteiger partial charge is 0.340 e. The van der Waals surface area contributed by atoms with Crippen molar-refractivity contribution in [1.82, 2.24) is 9.21 Å². The lowest BCUT2D eigenvalue weighted by molar-refractivity contribution is -0.385. The van der Waals surface area contributed by atoms with Crippen LogP contribution in [-0.2, 0) is 21.2 Å². The molecule has 8 nitrogen and oxygen atoms in total. The van der Waals surface area contributed by atoms with Gasteiger partial charge in [-0.3, -0.25) is 14.9 Å². The average molecular weight is 454 g/mol. The van der Waals surface area contributed by atoms with Crippen LogP contribution >= 0.6 is 0 Å². The number of nitrogens with zero attached hydrogens (tertiary/aromatic N) is 3. The zero-order valence-electron chi connectivity index (χ0n) is 17.6. The maximum atomic E-state index is 13.1. The number of carbonyl (C=O) groups is 1. The van der Waals surface area contributed by atoms with Gasteiger partial charge in [-0.1, -0.05) is 48.5 Å².